The van der Waals surface area contributed by atoms with Gasteiger partial charge >= 0.3 is 13.7 Å². The van der Waals surface area contributed by atoms with Gasteiger partial charge in [-0.05, 0) is 26.0 Å². The van der Waals surface area contributed by atoms with Gasteiger partial charge in [-0.1, -0.05) is 18.2 Å². The minimum absolute atomic E-state index is 0.0203. The van der Waals surface area contributed by atoms with E-state index in [2.05, 4.69) is 24.8 Å². The Labute approximate surface area is 210 Å². The third-order valence-electron chi connectivity index (χ3n) is 5.74. The number of methoxy groups -OCH3 is 1. The summed E-state index contributed by atoms with van der Waals surface area (Å²) in [5.41, 5.74) is 3.09. The van der Waals surface area contributed by atoms with Crippen LogP contribution in [0.25, 0.3) is 11.2 Å². The first-order valence-electron chi connectivity index (χ1n) is 11.1. The number of nitrogens with one attached hydrogen (secondary N) is 2. The minimum Gasteiger partial charge on any atom is -0.468 e. The molecule has 1 aliphatic rings. The highest BCUT2D eigenvalue weighted by Gasteiger charge is 2.54. The second-order valence-corrected chi connectivity index (χ2v) is 10.2. The number of aliphatic hydroxyl groups excluding tert-OH is 1. The van der Waals surface area contributed by atoms with Crippen LogP contribution in [0.3, 0.4) is 0 Å². The molecular formula is C21H27N6O9P. The van der Waals surface area contributed by atoms with Crippen LogP contribution in [0.2, 0.25) is 0 Å². The molecule has 3 heterocycles. The molecule has 6 atom stereocenters. The fourth-order valence-electron chi connectivity index (χ4n) is 3.84. The van der Waals surface area contributed by atoms with Crippen molar-refractivity contribution >= 4 is 30.8 Å². The van der Waals surface area contributed by atoms with Crippen molar-refractivity contribution in [2.45, 2.75) is 43.9 Å². The Morgan fingerprint density at radius 2 is 2.11 bits per heavy atom. The molecule has 0 saturated carbocycles. The van der Waals surface area contributed by atoms with Gasteiger partial charge in [-0.3, -0.25) is 23.7 Å². The van der Waals surface area contributed by atoms with Crippen molar-refractivity contribution in [1.29, 1.82) is 0 Å². The maximum atomic E-state index is 13.6. The Morgan fingerprint density at radius 3 is 2.78 bits per heavy atom. The van der Waals surface area contributed by atoms with Crippen LogP contribution in [0, 0.1) is 0 Å². The highest BCUT2D eigenvalue weighted by atomic mass is 31.2. The van der Waals surface area contributed by atoms with E-state index in [-0.39, 0.29) is 22.9 Å². The number of carbonyl (C=O) groups is 1. The number of para-hydroxylation sites is 1. The third kappa shape index (κ3) is 5.37. The molecular weight excluding hydrogens is 511 g/mol. The smallest absolute Gasteiger partial charge is 0.459 e. The number of benzene rings is 1. The zero-order valence-corrected chi connectivity index (χ0v) is 21.0. The lowest BCUT2D eigenvalue weighted by atomic mass is 9.96. The summed E-state index contributed by atoms with van der Waals surface area (Å²) in [5.74, 6) is -0.705. The van der Waals surface area contributed by atoms with Gasteiger partial charge in [0.15, 0.2) is 17.4 Å². The number of imidazole rings is 1. The fraction of sp³-hybridized carbons (Fsp3) is 0.429. The van der Waals surface area contributed by atoms with Gasteiger partial charge < -0.3 is 29.9 Å². The molecule has 4 rings (SSSR count). The van der Waals surface area contributed by atoms with E-state index in [1.165, 1.54) is 44.0 Å². The molecule has 0 bridgehead atoms. The number of hydrogen-bond donors (Lipinski definition) is 5. The summed E-state index contributed by atoms with van der Waals surface area (Å²) >= 11 is 0. The number of aliphatic hydroxyl groups is 2. The second kappa shape index (κ2) is 10.2. The number of nitrogens with zero attached hydrogens (tertiary/aromatic N) is 3. The summed E-state index contributed by atoms with van der Waals surface area (Å²) < 4.78 is 36.4. The SMILES string of the molecule is COC(=O)C(C)NP(=O)(OC[C@H]1O[C@@H](n2cnc3c(=O)[nH]c(N)nc32)[C@](C)(O)[C@@H]1O)Oc1ccccc1. The van der Waals surface area contributed by atoms with Gasteiger partial charge in [-0.15, -0.1) is 0 Å². The van der Waals surface area contributed by atoms with Gasteiger partial charge in [0.25, 0.3) is 5.56 Å². The topological polar surface area (TPSA) is 213 Å². The lowest BCUT2D eigenvalue weighted by Gasteiger charge is -2.27. The molecule has 37 heavy (non-hydrogen) atoms. The molecule has 1 aromatic carbocycles. The predicted octanol–water partition coefficient (Wildman–Crippen LogP) is 0.0659. The van der Waals surface area contributed by atoms with E-state index >= 15 is 0 Å². The van der Waals surface area contributed by atoms with Gasteiger partial charge in [0.05, 0.1) is 20.0 Å². The van der Waals surface area contributed by atoms with Gasteiger partial charge in [-0.25, -0.2) is 9.55 Å². The van der Waals surface area contributed by atoms with Gasteiger partial charge in [-0.2, -0.15) is 10.1 Å². The quantitative estimate of drug-likeness (QED) is 0.180. The first-order chi connectivity index (χ1) is 17.4. The van der Waals surface area contributed by atoms with E-state index in [9.17, 15) is 24.4 Å². The molecule has 200 valence electrons. The molecule has 0 radical (unpaired) electrons. The average Bonchev–Trinajstić information content (AvgIpc) is 3.36. The van der Waals surface area contributed by atoms with Crippen molar-refractivity contribution in [1.82, 2.24) is 24.6 Å². The van der Waals surface area contributed by atoms with Gasteiger partial charge in [0.2, 0.25) is 5.95 Å². The highest BCUT2D eigenvalue weighted by Crippen LogP contribution is 2.47. The first-order valence-corrected chi connectivity index (χ1v) is 12.6. The molecule has 3 aromatic rings. The zero-order valence-electron chi connectivity index (χ0n) is 20.1. The standard InChI is InChI=1S/C21H27N6O9P/c1-11(18(30)33-3)26-37(32,36-12-7-5-4-6-8-12)34-9-13-15(28)21(2,31)19(35-13)27-10-23-14-16(27)24-20(22)25-17(14)29/h4-8,10-11,13,15,19,28,31H,9H2,1-3H3,(H,26,32)(H3,22,24,25,29)/t11?,13-,15-,19-,21-,37?/m1/s1. The molecule has 1 saturated heterocycles. The number of nitrogen functional groups attached to an aromatic ring is 1. The lowest BCUT2D eigenvalue weighted by molar-refractivity contribution is -0.142. The van der Waals surface area contributed by atoms with Crippen molar-refractivity contribution in [2.24, 2.45) is 0 Å². The highest BCUT2D eigenvalue weighted by molar-refractivity contribution is 7.52. The lowest BCUT2D eigenvalue weighted by Crippen LogP contribution is -2.44. The van der Waals surface area contributed by atoms with Gasteiger partial charge in [0.1, 0.15) is 29.6 Å². The summed E-state index contributed by atoms with van der Waals surface area (Å²) in [6, 6.07) is 7.02. The van der Waals surface area contributed by atoms with Crippen LogP contribution in [0.4, 0.5) is 5.95 Å². The minimum atomic E-state index is -4.23. The normalized spacial score (nSPS) is 26.0. The van der Waals surface area contributed by atoms with E-state index in [1.54, 1.807) is 18.2 Å². The molecule has 2 aromatic heterocycles. The van der Waals surface area contributed by atoms with E-state index in [1.807, 2.05) is 0 Å². The van der Waals surface area contributed by atoms with Crippen molar-refractivity contribution in [3.63, 3.8) is 0 Å². The third-order valence-corrected chi connectivity index (χ3v) is 7.39. The number of aromatic amines is 1. The molecule has 16 heteroatoms. The second-order valence-electron chi connectivity index (χ2n) is 8.54. The van der Waals surface area contributed by atoms with Crippen LogP contribution < -0.4 is 20.9 Å². The predicted molar refractivity (Wildman–Crippen MR) is 128 cm³/mol. The zero-order chi connectivity index (χ0) is 27.0. The Kier molecular flexibility index (Phi) is 7.37. The van der Waals surface area contributed by atoms with Crippen molar-refractivity contribution < 1.29 is 38.1 Å². The Balaban J connectivity index is 1.57. The molecule has 0 aliphatic carbocycles. The summed E-state index contributed by atoms with van der Waals surface area (Å²) in [4.78, 5) is 34.4. The Hall–Kier alpha value is -3.33. The van der Waals surface area contributed by atoms with Crippen molar-refractivity contribution in [3.8, 4) is 5.75 Å². The van der Waals surface area contributed by atoms with Crippen LogP contribution in [-0.2, 0) is 23.4 Å². The molecule has 1 aliphatic heterocycles. The number of esters is 1. The van der Waals surface area contributed by atoms with E-state index in [4.69, 9.17) is 19.5 Å². The summed E-state index contributed by atoms with van der Waals surface area (Å²) in [6.45, 7) is 2.19. The monoisotopic (exact) mass is 538 g/mol. The summed E-state index contributed by atoms with van der Waals surface area (Å²) in [5, 5.41) is 24.4. The number of rotatable bonds is 9. The van der Waals surface area contributed by atoms with Crippen LogP contribution in [0.1, 0.15) is 20.1 Å². The van der Waals surface area contributed by atoms with Crippen molar-refractivity contribution in [2.75, 3.05) is 19.5 Å². The van der Waals surface area contributed by atoms with Gasteiger partial charge in [0, 0.05) is 0 Å². The summed E-state index contributed by atoms with van der Waals surface area (Å²) in [6.07, 6.45) is -2.83. The van der Waals surface area contributed by atoms with Crippen LogP contribution >= 0.6 is 7.75 Å². The first kappa shape index (κ1) is 26.7. The molecule has 2 unspecified atom stereocenters. The number of aromatic nitrogens is 4. The maximum Gasteiger partial charge on any atom is 0.459 e. The fourth-order valence-corrected chi connectivity index (χ4v) is 5.34. The number of carbonyl (C=O) groups excluding carboxylic acids is 1. The molecule has 15 nitrogen and oxygen atoms in total. The summed E-state index contributed by atoms with van der Waals surface area (Å²) in [7, 11) is -3.06. The van der Waals surface area contributed by atoms with E-state index < -0.39 is 56.0 Å². The molecule has 6 N–H and O–H groups in total. The number of hydrogen-bond acceptors (Lipinski definition) is 12. The maximum absolute atomic E-state index is 13.6. The molecule has 0 spiro atoms. The van der Waals surface area contributed by atoms with Crippen molar-refractivity contribution in [3.05, 3.63) is 47.0 Å². The average molecular weight is 538 g/mol. The van der Waals surface area contributed by atoms with Crippen LogP contribution in [0.15, 0.2) is 41.5 Å². The number of ether oxygens (including phenoxy) is 2. The number of fused-ring (bicyclic) bond motifs is 1. The number of anilines is 1. The van der Waals surface area contributed by atoms with E-state index in [0.29, 0.717) is 0 Å². The molecule has 0 amide bonds. The Morgan fingerprint density at radius 1 is 1.41 bits per heavy atom. The largest absolute Gasteiger partial charge is 0.468 e. The van der Waals surface area contributed by atoms with Crippen LogP contribution in [-0.4, -0.2) is 73.3 Å². The van der Waals surface area contributed by atoms with Crippen LogP contribution in [0.5, 0.6) is 5.75 Å². The Bertz CT molecular complexity index is 1380. The number of H-pyrrole nitrogens is 1. The van der Waals surface area contributed by atoms with E-state index in [0.717, 1.165) is 0 Å². The molecule has 1 fully saturated rings. The number of nitrogens with two attached hydrogens (primary N) is 1.